The van der Waals surface area contributed by atoms with E-state index in [2.05, 4.69) is 22.3 Å². The highest BCUT2D eigenvalue weighted by molar-refractivity contribution is 5.20. The topological polar surface area (TPSA) is 82.3 Å². The molecule has 0 saturated carbocycles. The average Bonchev–Trinajstić information content (AvgIpc) is 2.39. The van der Waals surface area contributed by atoms with Gasteiger partial charge in [0.05, 0.1) is 13.2 Å². The van der Waals surface area contributed by atoms with Gasteiger partial charge >= 0.3 is 0 Å². The van der Waals surface area contributed by atoms with Crippen LogP contribution in [0.1, 0.15) is 31.5 Å². The lowest BCUT2D eigenvalue weighted by molar-refractivity contribution is 0.124. The quantitative estimate of drug-likeness (QED) is 0.397. The SMILES string of the molecule is CCCOCCC(NN)c1nccnc1OC. The third-order valence-electron chi connectivity index (χ3n) is 2.32. The molecule has 0 aliphatic rings. The second kappa shape index (κ2) is 7.94. The third kappa shape index (κ3) is 4.26. The van der Waals surface area contributed by atoms with Gasteiger partial charge in [0.2, 0.25) is 5.88 Å². The molecule has 0 fully saturated rings. The Kier molecular flexibility index (Phi) is 6.46. The number of nitrogens with zero attached hydrogens (tertiary/aromatic N) is 2. The molecule has 0 radical (unpaired) electrons. The van der Waals surface area contributed by atoms with Crippen molar-refractivity contribution in [2.24, 2.45) is 5.84 Å². The van der Waals surface area contributed by atoms with Gasteiger partial charge in [-0.05, 0) is 12.8 Å². The fourth-order valence-corrected chi connectivity index (χ4v) is 1.48. The van der Waals surface area contributed by atoms with Crippen molar-refractivity contribution in [2.75, 3.05) is 20.3 Å². The maximum Gasteiger partial charge on any atom is 0.237 e. The molecule has 0 bridgehead atoms. The van der Waals surface area contributed by atoms with Gasteiger partial charge in [-0.25, -0.2) is 4.98 Å². The second-order valence-electron chi connectivity index (χ2n) is 3.57. The highest BCUT2D eigenvalue weighted by Crippen LogP contribution is 2.21. The largest absolute Gasteiger partial charge is 0.480 e. The van der Waals surface area contributed by atoms with Crippen LogP contribution in [0.2, 0.25) is 0 Å². The summed E-state index contributed by atoms with van der Waals surface area (Å²) in [5.41, 5.74) is 3.41. The number of ether oxygens (including phenoxy) is 2. The molecule has 0 spiro atoms. The number of nitrogens with two attached hydrogens (primary N) is 1. The van der Waals surface area contributed by atoms with Crippen molar-refractivity contribution in [3.8, 4) is 5.88 Å². The Hall–Kier alpha value is -1.24. The van der Waals surface area contributed by atoms with E-state index in [1.807, 2.05) is 0 Å². The molecule has 6 heteroatoms. The zero-order valence-corrected chi connectivity index (χ0v) is 10.3. The smallest absolute Gasteiger partial charge is 0.237 e. The summed E-state index contributed by atoms with van der Waals surface area (Å²) < 4.78 is 10.6. The van der Waals surface area contributed by atoms with Gasteiger partial charge in [0.15, 0.2) is 0 Å². The number of methoxy groups -OCH3 is 1. The van der Waals surface area contributed by atoms with Gasteiger partial charge in [-0.1, -0.05) is 6.92 Å². The number of aromatic nitrogens is 2. The first-order valence-electron chi connectivity index (χ1n) is 5.72. The molecule has 0 aromatic carbocycles. The third-order valence-corrected chi connectivity index (χ3v) is 2.32. The average molecular weight is 240 g/mol. The summed E-state index contributed by atoms with van der Waals surface area (Å²) in [7, 11) is 1.56. The molecular weight excluding hydrogens is 220 g/mol. The second-order valence-corrected chi connectivity index (χ2v) is 3.57. The van der Waals surface area contributed by atoms with Crippen LogP contribution in [0.25, 0.3) is 0 Å². The first kappa shape index (κ1) is 13.8. The lowest BCUT2D eigenvalue weighted by Crippen LogP contribution is -2.30. The lowest BCUT2D eigenvalue weighted by Gasteiger charge is -2.16. The Morgan fingerprint density at radius 3 is 2.76 bits per heavy atom. The number of hydrogen-bond acceptors (Lipinski definition) is 6. The Bertz CT molecular complexity index is 322. The normalized spacial score (nSPS) is 12.4. The number of nitrogens with one attached hydrogen (secondary N) is 1. The molecule has 1 atom stereocenters. The van der Waals surface area contributed by atoms with Gasteiger partial charge in [-0.3, -0.25) is 16.3 Å². The summed E-state index contributed by atoms with van der Waals surface area (Å²) in [6, 6.07) is -0.115. The Morgan fingerprint density at radius 2 is 2.12 bits per heavy atom. The predicted molar refractivity (Wildman–Crippen MR) is 64.4 cm³/mol. The first-order valence-corrected chi connectivity index (χ1v) is 5.72. The van der Waals surface area contributed by atoms with Gasteiger partial charge in [-0.15, -0.1) is 0 Å². The summed E-state index contributed by atoms with van der Waals surface area (Å²) in [5.74, 6) is 6.01. The van der Waals surface area contributed by atoms with Crippen molar-refractivity contribution in [3.63, 3.8) is 0 Å². The van der Waals surface area contributed by atoms with Gasteiger partial charge in [0.25, 0.3) is 0 Å². The fraction of sp³-hybridized carbons (Fsp3) is 0.636. The minimum absolute atomic E-state index is 0.115. The van der Waals surface area contributed by atoms with Crippen LogP contribution in [0.15, 0.2) is 12.4 Å². The monoisotopic (exact) mass is 240 g/mol. The van der Waals surface area contributed by atoms with Crippen molar-refractivity contribution in [1.82, 2.24) is 15.4 Å². The fourth-order valence-electron chi connectivity index (χ4n) is 1.48. The van der Waals surface area contributed by atoms with Crippen LogP contribution >= 0.6 is 0 Å². The van der Waals surface area contributed by atoms with Crippen molar-refractivity contribution >= 4 is 0 Å². The van der Waals surface area contributed by atoms with Crippen LogP contribution in [0, 0.1) is 0 Å². The molecule has 0 saturated heterocycles. The van der Waals surface area contributed by atoms with Crippen molar-refractivity contribution < 1.29 is 9.47 Å². The number of hydrazine groups is 1. The first-order chi connectivity index (χ1) is 8.33. The molecule has 3 N–H and O–H groups in total. The van der Waals surface area contributed by atoms with E-state index in [1.165, 1.54) is 0 Å². The summed E-state index contributed by atoms with van der Waals surface area (Å²) in [6.07, 6.45) is 4.94. The molecule has 1 heterocycles. The molecule has 1 aromatic heterocycles. The summed E-state index contributed by atoms with van der Waals surface area (Å²) in [5, 5.41) is 0. The van der Waals surface area contributed by atoms with Crippen LogP contribution in [0.4, 0.5) is 0 Å². The van der Waals surface area contributed by atoms with Crippen molar-refractivity contribution in [2.45, 2.75) is 25.8 Å². The minimum atomic E-state index is -0.115. The lowest BCUT2D eigenvalue weighted by atomic mass is 10.1. The zero-order valence-electron chi connectivity index (χ0n) is 10.3. The van der Waals surface area contributed by atoms with Crippen molar-refractivity contribution in [1.29, 1.82) is 0 Å². The van der Waals surface area contributed by atoms with E-state index < -0.39 is 0 Å². The van der Waals surface area contributed by atoms with Crippen LogP contribution in [-0.2, 0) is 4.74 Å². The molecule has 0 amide bonds. The molecule has 96 valence electrons. The number of hydrogen-bond donors (Lipinski definition) is 2. The van der Waals surface area contributed by atoms with E-state index in [0.717, 1.165) is 19.4 Å². The van der Waals surface area contributed by atoms with Crippen LogP contribution in [0.5, 0.6) is 5.88 Å². The predicted octanol–water partition coefficient (Wildman–Crippen LogP) is 0.806. The molecule has 1 aromatic rings. The minimum Gasteiger partial charge on any atom is -0.480 e. The highest BCUT2D eigenvalue weighted by atomic mass is 16.5. The van der Waals surface area contributed by atoms with E-state index in [4.69, 9.17) is 15.3 Å². The molecule has 17 heavy (non-hydrogen) atoms. The van der Waals surface area contributed by atoms with E-state index >= 15 is 0 Å². The number of rotatable bonds is 8. The summed E-state index contributed by atoms with van der Waals surface area (Å²) in [4.78, 5) is 8.32. The van der Waals surface area contributed by atoms with Crippen LogP contribution < -0.4 is 16.0 Å². The zero-order chi connectivity index (χ0) is 12.5. The van der Waals surface area contributed by atoms with E-state index in [9.17, 15) is 0 Å². The molecule has 0 aliphatic heterocycles. The van der Waals surface area contributed by atoms with Crippen LogP contribution in [-0.4, -0.2) is 30.3 Å². The van der Waals surface area contributed by atoms with E-state index in [0.29, 0.717) is 18.2 Å². The standard InChI is InChI=1S/C11H20N4O2/c1-3-7-17-8-4-9(15-12)10-11(16-2)14-6-5-13-10/h5-6,9,15H,3-4,7-8,12H2,1-2H3. The van der Waals surface area contributed by atoms with Crippen LogP contribution in [0.3, 0.4) is 0 Å². The Morgan fingerprint density at radius 1 is 1.35 bits per heavy atom. The summed E-state index contributed by atoms with van der Waals surface area (Å²) in [6.45, 7) is 3.46. The summed E-state index contributed by atoms with van der Waals surface area (Å²) >= 11 is 0. The van der Waals surface area contributed by atoms with Gasteiger partial charge < -0.3 is 9.47 Å². The Labute approximate surface area is 102 Å². The molecule has 1 unspecified atom stereocenters. The van der Waals surface area contributed by atoms with Gasteiger partial charge in [0, 0.05) is 25.6 Å². The molecule has 6 nitrogen and oxygen atoms in total. The van der Waals surface area contributed by atoms with Crippen molar-refractivity contribution in [3.05, 3.63) is 18.1 Å². The highest BCUT2D eigenvalue weighted by Gasteiger charge is 2.16. The van der Waals surface area contributed by atoms with Gasteiger partial charge in [-0.2, -0.15) is 0 Å². The molecule has 1 rings (SSSR count). The Balaban J connectivity index is 2.59. The maximum atomic E-state index is 5.51. The molecular formula is C11H20N4O2. The van der Waals surface area contributed by atoms with E-state index in [-0.39, 0.29) is 6.04 Å². The van der Waals surface area contributed by atoms with E-state index in [1.54, 1.807) is 19.5 Å². The maximum absolute atomic E-state index is 5.51. The molecule has 0 aliphatic carbocycles. The van der Waals surface area contributed by atoms with Gasteiger partial charge in [0.1, 0.15) is 5.69 Å².